The van der Waals surface area contributed by atoms with E-state index >= 15 is 0 Å². The molecule has 6 heteroatoms. The van der Waals surface area contributed by atoms with Gasteiger partial charge in [0.15, 0.2) is 0 Å². The van der Waals surface area contributed by atoms with Gasteiger partial charge in [0.25, 0.3) is 0 Å². The van der Waals surface area contributed by atoms with Gasteiger partial charge >= 0.3 is 0 Å². The molecule has 1 unspecified atom stereocenters. The molecule has 0 aromatic heterocycles. The molecule has 0 saturated carbocycles. The molecule has 1 aliphatic rings. The van der Waals surface area contributed by atoms with Crippen molar-refractivity contribution in [2.24, 2.45) is 5.92 Å². The number of nitrogens with zero attached hydrogens (tertiary/aromatic N) is 1. The Morgan fingerprint density at radius 1 is 1.35 bits per heavy atom. The van der Waals surface area contributed by atoms with Crippen molar-refractivity contribution < 1.29 is 8.42 Å². The van der Waals surface area contributed by atoms with Gasteiger partial charge in [-0.25, -0.2) is 8.42 Å². The fourth-order valence-corrected chi connectivity index (χ4v) is 4.39. The maximum atomic E-state index is 12.7. The van der Waals surface area contributed by atoms with Gasteiger partial charge in [0.2, 0.25) is 10.0 Å². The van der Waals surface area contributed by atoms with Gasteiger partial charge in [-0.1, -0.05) is 13.3 Å². The summed E-state index contributed by atoms with van der Waals surface area (Å²) in [5, 5.41) is 0. The van der Waals surface area contributed by atoms with Crippen LogP contribution in [0.5, 0.6) is 0 Å². The summed E-state index contributed by atoms with van der Waals surface area (Å²) in [7, 11) is -3.42. The Labute approximate surface area is 129 Å². The number of nitrogens with two attached hydrogens (primary N) is 1. The lowest BCUT2D eigenvalue weighted by molar-refractivity contribution is 0.407. The van der Waals surface area contributed by atoms with Crippen LogP contribution in [0.1, 0.15) is 32.6 Å². The van der Waals surface area contributed by atoms with Gasteiger partial charge in [0.05, 0.1) is 4.90 Å². The number of hydrogen-bond acceptors (Lipinski definition) is 3. The van der Waals surface area contributed by atoms with Crippen LogP contribution in [0.2, 0.25) is 0 Å². The molecule has 1 aromatic rings. The Bertz CT molecular complexity index is 575. The number of hydrogen-bond donors (Lipinski definition) is 1. The van der Waals surface area contributed by atoms with Crippen LogP contribution in [0, 0.1) is 5.92 Å². The zero-order valence-electron chi connectivity index (χ0n) is 11.7. The van der Waals surface area contributed by atoms with E-state index in [0.717, 1.165) is 30.2 Å². The van der Waals surface area contributed by atoms with E-state index in [-0.39, 0.29) is 4.90 Å². The number of benzene rings is 1. The summed E-state index contributed by atoms with van der Waals surface area (Å²) in [5.41, 5.74) is 6.24. The highest BCUT2D eigenvalue weighted by atomic mass is 79.9. The van der Waals surface area contributed by atoms with E-state index in [4.69, 9.17) is 5.73 Å². The molecule has 20 heavy (non-hydrogen) atoms. The van der Waals surface area contributed by atoms with Gasteiger partial charge in [0.1, 0.15) is 0 Å². The van der Waals surface area contributed by atoms with Crippen molar-refractivity contribution in [2.45, 2.75) is 37.5 Å². The highest BCUT2D eigenvalue weighted by molar-refractivity contribution is 9.10. The van der Waals surface area contributed by atoms with Crippen molar-refractivity contribution in [3.05, 3.63) is 22.7 Å². The third kappa shape index (κ3) is 3.35. The van der Waals surface area contributed by atoms with Gasteiger partial charge in [-0.15, -0.1) is 0 Å². The molecule has 2 N–H and O–H groups in total. The third-order valence-electron chi connectivity index (χ3n) is 3.99. The standard InChI is InChI=1S/C14H21BrN2O2S/c1-2-11-4-3-8-17(9-7-11)20(18,19)12-5-6-13(15)14(16)10-12/h5-6,10-11H,2-4,7-9,16H2,1H3. The van der Waals surface area contributed by atoms with Crippen molar-refractivity contribution in [1.82, 2.24) is 4.31 Å². The van der Waals surface area contributed by atoms with Gasteiger partial charge in [-0.2, -0.15) is 4.31 Å². The van der Waals surface area contributed by atoms with Crippen molar-refractivity contribution in [1.29, 1.82) is 0 Å². The second-order valence-corrected chi connectivity index (χ2v) is 8.08. The monoisotopic (exact) mass is 360 g/mol. The van der Waals surface area contributed by atoms with Crippen LogP contribution in [0.3, 0.4) is 0 Å². The largest absolute Gasteiger partial charge is 0.398 e. The molecule has 2 rings (SSSR count). The SMILES string of the molecule is CCC1CCCN(S(=O)(=O)c2ccc(Br)c(N)c2)CC1. The summed E-state index contributed by atoms with van der Waals surface area (Å²) < 4.78 is 27.6. The summed E-state index contributed by atoms with van der Waals surface area (Å²) in [6.07, 6.45) is 4.12. The summed E-state index contributed by atoms with van der Waals surface area (Å²) in [5.74, 6) is 0.644. The predicted octanol–water partition coefficient (Wildman–Crippen LogP) is 3.23. The first-order valence-electron chi connectivity index (χ1n) is 7.00. The van der Waals surface area contributed by atoms with Crippen LogP contribution >= 0.6 is 15.9 Å². The molecule has 1 fully saturated rings. The fourth-order valence-electron chi connectivity index (χ4n) is 2.62. The second-order valence-electron chi connectivity index (χ2n) is 5.29. The first-order valence-corrected chi connectivity index (χ1v) is 9.23. The number of halogens is 1. The average Bonchev–Trinajstić information content (AvgIpc) is 2.67. The highest BCUT2D eigenvalue weighted by Crippen LogP contribution is 2.28. The van der Waals surface area contributed by atoms with Crippen molar-refractivity contribution >= 4 is 31.6 Å². The van der Waals surface area contributed by atoms with Crippen molar-refractivity contribution in [3.63, 3.8) is 0 Å². The van der Waals surface area contributed by atoms with Gasteiger partial charge in [-0.05, 0) is 59.3 Å². The molecule has 1 heterocycles. The van der Waals surface area contributed by atoms with Crippen molar-refractivity contribution in [3.8, 4) is 0 Å². The molecule has 1 aliphatic heterocycles. The maximum Gasteiger partial charge on any atom is 0.243 e. The lowest BCUT2D eigenvalue weighted by Crippen LogP contribution is -2.32. The molecule has 4 nitrogen and oxygen atoms in total. The summed E-state index contributed by atoms with van der Waals surface area (Å²) in [4.78, 5) is 0.285. The molecule has 0 radical (unpaired) electrons. The van der Waals surface area contributed by atoms with Crippen LogP contribution < -0.4 is 5.73 Å². The number of sulfonamides is 1. The van der Waals surface area contributed by atoms with Crippen LogP contribution in [0.4, 0.5) is 5.69 Å². The molecule has 1 aromatic carbocycles. The Hall–Kier alpha value is -0.590. The Morgan fingerprint density at radius 2 is 2.10 bits per heavy atom. The second kappa shape index (κ2) is 6.45. The summed E-state index contributed by atoms with van der Waals surface area (Å²) in [6.45, 7) is 3.38. The van der Waals surface area contributed by atoms with E-state index < -0.39 is 10.0 Å². The molecule has 1 atom stereocenters. The molecule has 0 aliphatic carbocycles. The zero-order chi connectivity index (χ0) is 14.8. The smallest absolute Gasteiger partial charge is 0.243 e. The molecule has 1 saturated heterocycles. The third-order valence-corrected chi connectivity index (χ3v) is 6.61. The Kier molecular flexibility index (Phi) is 5.09. The van der Waals surface area contributed by atoms with Gasteiger partial charge in [0, 0.05) is 23.2 Å². The van der Waals surface area contributed by atoms with E-state index in [9.17, 15) is 8.42 Å². The molecule has 0 spiro atoms. The topological polar surface area (TPSA) is 63.4 Å². The molecular weight excluding hydrogens is 340 g/mol. The van der Waals surface area contributed by atoms with E-state index in [0.29, 0.717) is 24.7 Å². The van der Waals surface area contributed by atoms with Crippen molar-refractivity contribution in [2.75, 3.05) is 18.8 Å². The van der Waals surface area contributed by atoms with Gasteiger partial charge < -0.3 is 5.73 Å². The minimum Gasteiger partial charge on any atom is -0.398 e. The molecule has 0 bridgehead atoms. The quantitative estimate of drug-likeness (QED) is 0.841. The first-order chi connectivity index (χ1) is 9.45. The van der Waals surface area contributed by atoms with E-state index in [1.807, 2.05) is 0 Å². The van der Waals surface area contributed by atoms with Gasteiger partial charge in [-0.3, -0.25) is 0 Å². The van der Waals surface area contributed by atoms with Crippen LogP contribution in [0.25, 0.3) is 0 Å². The number of rotatable bonds is 3. The predicted molar refractivity (Wildman–Crippen MR) is 84.9 cm³/mol. The molecule has 0 amide bonds. The van der Waals surface area contributed by atoms with E-state index in [2.05, 4.69) is 22.9 Å². The highest BCUT2D eigenvalue weighted by Gasteiger charge is 2.27. The Balaban J connectivity index is 2.23. The fraction of sp³-hybridized carbons (Fsp3) is 0.571. The summed E-state index contributed by atoms with van der Waals surface area (Å²) >= 11 is 3.29. The van der Waals surface area contributed by atoms with E-state index in [1.54, 1.807) is 16.4 Å². The Morgan fingerprint density at radius 3 is 2.75 bits per heavy atom. The zero-order valence-corrected chi connectivity index (χ0v) is 14.1. The average molecular weight is 361 g/mol. The van der Waals surface area contributed by atoms with E-state index in [1.165, 1.54) is 6.07 Å². The normalized spacial score (nSPS) is 21.6. The number of nitrogen functional groups attached to an aromatic ring is 1. The maximum absolute atomic E-state index is 12.7. The minimum absolute atomic E-state index is 0.285. The minimum atomic E-state index is -3.42. The molecular formula is C14H21BrN2O2S. The van der Waals surface area contributed by atoms with Crippen LogP contribution in [0.15, 0.2) is 27.6 Å². The number of anilines is 1. The lowest BCUT2D eigenvalue weighted by atomic mass is 9.98. The summed E-state index contributed by atoms with van der Waals surface area (Å²) in [6, 6.07) is 4.83. The van der Waals surface area contributed by atoms with Crippen LogP contribution in [-0.4, -0.2) is 25.8 Å². The first kappa shape index (κ1) is 15.8. The lowest BCUT2D eigenvalue weighted by Gasteiger charge is -2.20. The van der Waals surface area contributed by atoms with Crippen LogP contribution in [-0.2, 0) is 10.0 Å². The molecule has 112 valence electrons.